The molecule has 0 heterocycles. The van der Waals surface area contributed by atoms with Crippen LogP contribution in [0.4, 0.5) is 32.4 Å². The van der Waals surface area contributed by atoms with Gasteiger partial charge in [0.1, 0.15) is 23.0 Å². The summed E-state index contributed by atoms with van der Waals surface area (Å²) in [6.07, 6.45) is -2.90. The van der Waals surface area contributed by atoms with Crippen molar-refractivity contribution in [1.29, 1.82) is 0 Å². The molecule has 0 radical (unpaired) electrons. The summed E-state index contributed by atoms with van der Waals surface area (Å²) < 4.78 is 65.2. The second-order valence-corrected chi connectivity index (χ2v) is 4.54. The first kappa shape index (κ1) is 17.4. The number of anilines is 1. The summed E-state index contributed by atoms with van der Waals surface area (Å²) in [6, 6.07) is 3.63. The molecule has 0 atom stereocenters. The molecule has 0 unspecified atom stereocenters. The number of amides is 3. The molecule has 2 rings (SSSR count). The standard InChI is InChI=1S/C15H9F5N2O2/c16-8-2-1-3-9(17)12(8)14(23)22-15(24)21-11-5-4-7(13(19)20)6-10(11)18/h1-6,13H,(H2,21,22,23,24). The number of rotatable bonds is 3. The van der Waals surface area contributed by atoms with E-state index in [1.807, 2.05) is 5.32 Å². The molecule has 2 aromatic carbocycles. The minimum atomic E-state index is -2.90. The Labute approximate surface area is 132 Å². The van der Waals surface area contributed by atoms with Crippen molar-refractivity contribution in [2.75, 3.05) is 5.32 Å². The molecule has 4 nitrogen and oxygen atoms in total. The molecule has 0 saturated carbocycles. The highest BCUT2D eigenvalue weighted by atomic mass is 19.3. The van der Waals surface area contributed by atoms with Crippen LogP contribution < -0.4 is 10.6 Å². The number of carbonyl (C=O) groups is 2. The van der Waals surface area contributed by atoms with Gasteiger partial charge in [-0.25, -0.2) is 26.7 Å². The van der Waals surface area contributed by atoms with Crippen LogP contribution in [0.3, 0.4) is 0 Å². The average Bonchev–Trinajstić information content (AvgIpc) is 2.48. The number of nitrogens with one attached hydrogen (secondary N) is 2. The second kappa shape index (κ2) is 7.07. The maximum Gasteiger partial charge on any atom is 0.326 e. The van der Waals surface area contributed by atoms with E-state index in [0.717, 1.165) is 30.3 Å². The molecule has 0 fully saturated rings. The zero-order valence-corrected chi connectivity index (χ0v) is 11.7. The molecule has 9 heteroatoms. The summed E-state index contributed by atoms with van der Waals surface area (Å²) in [5, 5.41) is 3.49. The van der Waals surface area contributed by atoms with Gasteiger partial charge < -0.3 is 5.32 Å². The van der Waals surface area contributed by atoms with Crippen LogP contribution in [0.2, 0.25) is 0 Å². The van der Waals surface area contributed by atoms with Gasteiger partial charge in [-0.05, 0) is 24.3 Å². The smallest absolute Gasteiger partial charge is 0.305 e. The van der Waals surface area contributed by atoms with Gasteiger partial charge >= 0.3 is 6.03 Å². The van der Waals surface area contributed by atoms with Gasteiger partial charge in [0.2, 0.25) is 0 Å². The minimum absolute atomic E-state index is 0.487. The lowest BCUT2D eigenvalue weighted by Gasteiger charge is -2.09. The predicted octanol–water partition coefficient (Wildman–Crippen LogP) is 4.00. The van der Waals surface area contributed by atoms with Crippen LogP contribution in [0, 0.1) is 17.5 Å². The molecule has 0 spiro atoms. The van der Waals surface area contributed by atoms with Crippen molar-refractivity contribution in [3.8, 4) is 0 Å². The number of halogens is 5. The highest BCUT2D eigenvalue weighted by molar-refractivity contribution is 6.08. The van der Waals surface area contributed by atoms with E-state index in [4.69, 9.17) is 0 Å². The number of hydrogen-bond acceptors (Lipinski definition) is 2. The van der Waals surface area contributed by atoms with E-state index in [1.54, 1.807) is 5.32 Å². The number of urea groups is 1. The topological polar surface area (TPSA) is 58.2 Å². The van der Waals surface area contributed by atoms with Crippen LogP contribution in [0.5, 0.6) is 0 Å². The number of hydrogen-bond donors (Lipinski definition) is 2. The second-order valence-electron chi connectivity index (χ2n) is 4.54. The molecule has 24 heavy (non-hydrogen) atoms. The van der Waals surface area contributed by atoms with Crippen molar-refractivity contribution in [2.45, 2.75) is 6.43 Å². The van der Waals surface area contributed by atoms with Crippen LogP contribution in [-0.4, -0.2) is 11.9 Å². The van der Waals surface area contributed by atoms with E-state index >= 15 is 0 Å². The van der Waals surface area contributed by atoms with Gasteiger partial charge in [-0.2, -0.15) is 0 Å². The first-order chi connectivity index (χ1) is 11.3. The van der Waals surface area contributed by atoms with Gasteiger partial charge in [0.25, 0.3) is 12.3 Å². The fourth-order valence-corrected chi connectivity index (χ4v) is 1.80. The average molecular weight is 344 g/mol. The predicted molar refractivity (Wildman–Crippen MR) is 74.2 cm³/mol. The Balaban J connectivity index is 2.10. The lowest BCUT2D eigenvalue weighted by Crippen LogP contribution is -2.35. The van der Waals surface area contributed by atoms with Crippen molar-refractivity contribution in [1.82, 2.24) is 5.32 Å². The van der Waals surface area contributed by atoms with Crippen molar-refractivity contribution >= 4 is 17.6 Å². The molecule has 2 aromatic rings. The molecular formula is C15H9F5N2O2. The zero-order valence-electron chi connectivity index (χ0n) is 11.7. The summed E-state index contributed by atoms with van der Waals surface area (Å²) in [6.45, 7) is 0. The maximum absolute atomic E-state index is 13.6. The maximum atomic E-state index is 13.6. The third kappa shape index (κ3) is 3.86. The molecule has 0 bridgehead atoms. The summed E-state index contributed by atoms with van der Waals surface area (Å²) in [7, 11) is 0. The number of alkyl halides is 2. The Morgan fingerprint density at radius 1 is 0.917 bits per heavy atom. The molecule has 0 aliphatic carbocycles. The van der Waals surface area contributed by atoms with Crippen molar-refractivity contribution in [3.63, 3.8) is 0 Å². The summed E-state index contributed by atoms with van der Waals surface area (Å²) in [5.41, 5.74) is -2.07. The van der Waals surface area contributed by atoms with Crippen LogP contribution in [0.15, 0.2) is 36.4 Å². The summed E-state index contributed by atoms with van der Waals surface area (Å²) >= 11 is 0. The largest absolute Gasteiger partial charge is 0.326 e. The van der Waals surface area contributed by atoms with Gasteiger partial charge in [-0.15, -0.1) is 0 Å². The lowest BCUT2D eigenvalue weighted by molar-refractivity contribution is 0.0959. The van der Waals surface area contributed by atoms with E-state index in [9.17, 15) is 31.5 Å². The molecule has 2 N–H and O–H groups in total. The normalized spacial score (nSPS) is 10.6. The number of benzene rings is 2. The molecule has 126 valence electrons. The SMILES string of the molecule is O=C(NC(=O)c1c(F)cccc1F)Nc1ccc(C(F)F)cc1F. The fraction of sp³-hybridized carbons (Fsp3) is 0.0667. The summed E-state index contributed by atoms with van der Waals surface area (Å²) in [5.74, 6) is -4.92. The van der Waals surface area contributed by atoms with Crippen LogP contribution in [-0.2, 0) is 0 Å². The first-order valence-electron chi connectivity index (χ1n) is 6.43. The Morgan fingerprint density at radius 2 is 1.54 bits per heavy atom. The number of imide groups is 1. The lowest BCUT2D eigenvalue weighted by atomic mass is 10.2. The number of carbonyl (C=O) groups excluding carboxylic acids is 2. The van der Waals surface area contributed by atoms with E-state index in [0.29, 0.717) is 6.07 Å². The van der Waals surface area contributed by atoms with E-state index < -0.39 is 52.6 Å². The van der Waals surface area contributed by atoms with E-state index in [2.05, 4.69) is 0 Å². The van der Waals surface area contributed by atoms with Gasteiger partial charge in [-0.1, -0.05) is 12.1 Å². The van der Waals surface area contributed by atoms with E-state index in [1.165, 1.54) is 0 Å². The molecule has 3 amide bonds. The fourth-order valence-electron chi connectivity index (χ4n) is 1.80. The van der Waals surface area contributed by atoms with Gasteiger partial charge in [0, 0.05) is 5.56 Å². The van der Waals surface area contributed by atoms with Crippen molar-refractivity contribution in [2.24, 2.45) is 0 Å². The Kier molecular flexibility index (Phi) is 5.12. The molecule has 0 aliphatic heterocycles. The first-order valence-corrected chi connectivity index (χ1v) is 6.43. The van der Waals surface area contributed by atoms with Crippen LogP contribution in [0.1, 0.15) is 22.3 Å². The zero-order chi connectivity index (χ0) is 17.9. The Bertz CT molecular complexity index is 775. The highest BCUT2D eigenvalue weighted by Gasteiger charge is 2.20. The highest BCUT2D eigenvalue weighted by Crippen LogP contribution is 2.23. The summed E-state index contributed by atoms with van der Waals surface area (Å²) in [4.78, 5) is 23.3. The van der Waals surface area contributed by atoms with E-state index in [-0.39, 0.29) is 0 Å². The molecule has 0 aliphatic rings. The molecule has 0 saturated heterocycles. The molecule has 0 aromatic heterocycles. The van der Waals surface area contributed by atoms with Gasteiger partial charge in [0.15, 0.2) is 0 Å². The third-order valence-electron chi connectivity index (χ3n) is 2.91. The van der Waals surface area contributed by atoms with Crippen molar-refractivity contribution < 1.29 is 31.5 Å². The van der Waals surface area contributed by atoms with Gasteiger partial charge in [-0.3, -0.25) is 10.1 Å². The third-order valence-corrected chi connectivity index (χ3v) is 2.91. The Morgan fingerprint density at radius 3 is 2.08 bits per heavy atom. The van der Waals surface area contributed by atoms with Crippen LogP contribution in [0.25, 0.3) is 0 Å². The van der Waals surface area contributed by atoms with Gasteiger partial charge in [0.05, 0.1) is 5.69 Å². The minimum Gasteiger partial charge on any atom is -0.305 e. The van der Waals surface area contributed by atoms with Crippen molar-refractivity contribution in [3.05, 3.63) is 65.0 Å². The molecular weight excluding hydrogens is 335 g/mol. The monoisotopic (exact) mass is 344 g/mol. The quantitative estimate of drug-likeness (QED) is 0.827. The van der Waals surface area contributed by atoms with Crippen LogP contribution >= 0.6 is 0 Å². The Hall–Kier alpha value is -2.97.